The van der Waals surface area contributed by atoms with Crippen molar-refractivity contribution in [2.24, 2.45) is 0 Å². The van der Waals surface area contributed by atoms with Gasteiger partial charge in [0, 0.05) is 0 Å². The van der Waals surface area contributed by atoms with Crippen LogP contribution in [0.1, 0.15) is 33.6 Å². The van der Waals surface area contributed by atoms with E-state index in [9.17, 15) is 18.4 Å². The van der Waals surface area contributed by atoms with Crippen molar-refractivity contribution in [3.8, 4) is 11.5 Å². The number of hydrogen-bond donors (Lipinski definition) is 0. The minimum absolute atomic E-state index is 0.0344. The van der Waals surface area contributed by atoms with Crippen molar-refractivity contribution >= 4 is 11.6 Å². The Morgan fingerprint density at radius 1 is 0.667 bits per heavy atom. The van der Waals surface area contributed by atoms with Crippen LogP contribution in [0.3, 0.4) is 0 Å². The van der Waals surface area contributed by atoms with Crippen LogP contribution in [0.5, 0.6) is 11.5 Å². The van der Waals surface area contributed by atoms with Crippen LogP contribution in [0.4, 0.5) is 8.78 Å². The number of carbonyl (C=O) groups is 2. The SMILES string of the molecule is O=C1CC(C2CO2)Oc2ccc(F)cc21.O=C1C[C@H](C2CO2)Oc2ccc(F)cc21. The molecule has 0 N–H and O–H groups in total. The molecule has 4 aliphatic rings. The van der Waals surface area contributed by atoms with Crippen molar-refractivity contribution in [2.75, 3.05) is 13.2 Å². The van der Waals surface area contributed by atoms with E-state index in [-0.39, 0.29) is 48.8 Å². The summed E-state index contributed by atoms with van der Waals surface area (Å²) in [6.07, 6.45) is 0.229. The molecule has 0 bridgehead atoms. The second kappa shape index (κ2) is 7.45. The Morgan fingerprint density at radius 2 is 1.07 bits per heavy atom. The lowest BCUT2D eigenvalue weighted by Crippen LogP contribution is -2.31. The van der Waals surface area contributed by atoms with Crippen LogP contribution in [0.15, 0.2) is 36.4 Å². The molecule has 2 aromatic carbocycles. The number of ether oxygens (including phenoxy) is 4. The first-order valence-electron chi connectivity index (χ1n) is 9.70. The van der Waals surface area contributed by atoms with E-state index in [4.69, 9.17) is 18.9 Å². The normalized spacial score (nSPS) is 28.2. The largest absolute Gasteiger partial charge is 0.486 e. The molecule has 2 saturated heterocycles. The summed E-state index contributed by atoms with van der Waals surface area (Å²) in [6.45, 7) is 1.29. The predicted octanol–water partition coefficient (Wildman–Crippen LogP) is 3.12. The molecule has 2 fully saturated rings. The maximum atomic E-state index is 12.9. The van der Waals surface area contributed by atoms with Crippen molar-refractivity contribution in [2.45, 2.75) is 37.3 Å². The van der Waals surface area contributed by atoms with E-state index in [0.29, 0.717) is 35.8 Å². The van der Waals surface area contributed by atoms with Crippen molar-refractivity contribution < 1.29 is 37.3 Å². The minimum Gasteiger partial charge on any atom is -0.486 e. The Bertz CT molecular complexity index is 933. The first kappa shape index (κ1) is 19.1. The molecule has 6 nitrogen and oxygen atoms in total. The van der Waals surface area contributed by atoms with Gasteiger partial charge in [0.1, 0.15) is 47.5 Å². The van der Waals surface area contributed by atoms with Gasteiger partial charge < -0.3 is 18.9 Å². The molecule has 0 aromatic heterocycles. The first-order valence-corrected chi connectivity index (χ1v) is 9.70. The number of rotatable bonds is 2. The van der Waals surface area contributed by atoms with E-state index in [0.717, 1.165) is 0 Å². The van der Waals surface area contributed by atoms with E-state index in [1.54, 1.807) is 0 Å². The van der Waals surface area contributed by atoms with Gasteiger partial charge in [-0.2, -0.15) is 0 Å². The van der Waals surface area contributed by atoms with E-state index in [1.165, 1.54) is 36.4 Å². The second-order valence-electron chi connectivity index (χ2n) is 7.59. The number of Topliss-reactive ketones (excluding diaryl/α,β-unsaturated/α-hetero) is 2. The smallest absolute Gasteiger partial charge is 0.170 e. The summed E-state index contributed by atoms with van der Waals surface area (Å²) in [5, 5.41) is 0. The average Bonchev–Trinajstić information content (AvgIpc) is 3.62. The first-order chi connectivity index (χ1) is 14.5. The van der Waals surface area contributed by atoms with E-state index in [2.05, 4.69) is 0 Å². The van der Waals surface area contributed by atoms with Gasteiger partial charge in [0.2, 0.25) is 0 Å². The summed E-state index contributed by atoms with van der Waals surface area (Å²) in [4.78, 5) is 23.4. The van der Waals surface area contributed by atoms with Crippen LogP contribution in [0, 0.1) is 11.6 Å². The molecule has 2 aromatic rings. The van der Waals surface area contributed by atoms with Crippen molar-refractivity contribution in [3.05, 3.63) is 59.2 Å². The van der Waals surface area contributed by atoms with Crippen LogP contribution in [-0.2, 0) is 9.47 Å². The van der Waals surface area contributed by atoms with Crippen LogP contribution in [-0.4, -0.2) is 49.2 Å². The van der Waals surface area contributed by atoms with Crippen LogP contribution in [0.2, 0.25) is 0 Å². The Labute approximate surface area is 170 Å². The molecular formula is C22H18F2O6. The number of carbonyl (C=O) groups excluding carboxylic acids is 2. The number of epoxide rings is 2. The number of ketones is 2. The highest BCUT2D eigenvalue weighted by molar-refractivity contribution is 6.00. The maximum Gasteiger partial charge on any atom is 0.170 e. The molecule has 6 rings (SSSR count). The molecule has 0 aliphatic carbocycles. The molecule has 0 spiro atoms. The van der Waals surface area contributed by atoms with Gasteiger partial charge in [0.25, 0.3) is 0 Å². The summed E-state index contributed by atoms with van der Waals surface area (Å²) in [5.41, 5.74) is 0.679. The fourth-order valence-electron chi connectivity index (χ4n) is 3.60. The molecule has 0 saturated carbocycles. The molecule has 4 aliphatic heterocycles. The zero-order valence-corrected chi connectivity index (χ0v) is 15.8. The number of halogens is 2. The highest BCUT2D eigenvalue weighted by Crippen LogP contribution is 2.33. The molecule has 3 unspecified atom stereocenters. The lowest BCUT2D eigenvalue weighted by atomic mass is 9.99. The molecule has 4 atom stereocenters. The molecule has 30 heavy (non-hydrogen) atoms. The molecule has 0 radical (unpaired) electrons. The van der Waals surface area contributed by atoms with Gasteiger partial charge in [-0.25, -0.2) is 8.78 Å². The summed E-state index contributed by atoms with van der Waals surface area (Å²) in [5.74, 6) is -0.0348. The minimum atomic E-state index is -0.410. The zero-order valence-electron chi connectivity index (χ0n) is 15.8. The summed E-state index contributed by atoms with van der Waals surface area (Å²) < 4.78 is 47.1. The van der Waals surface area contributed by atoms with Gasteiger partial charge in [0.05, 0.1) is 37.2 Å². The van der Waals surface area contributed by atoms with Crippen molar-refractivity contribution in [1.29, 1.82) is 0 Å². The van der Waals surface area contributed by atoms with Crippen molar-refractivity contribution in [1.82, 2.24) is 0 Å². The van der Waals surface area contributed by atoms with Gasteiger partial charge in [0.15, 0.2) is 11.6 Å². The van der Waals surface area contributed by atoms with Crippen molar-refractivity contribution in [3.63, 3.8) is 0 Å². The molecule has 156 valence electrons. The Hall–Kier alpha value is -2.84. The lowest BCUT2D eigenvalue weighted by molar-refractivity contribution is 0.0791. The fourth-order valence-corrected chi connectivity index (χ4v) is 3.60. The standard InChI is InChI=1S/2C11H9FO3/c2*12-6-1-2-9-7(3-6)8(13)4-10(15-9)11-5-14-11/h2*1-3,10-11H,4-5H2/t10-,11?;/m1./s1. The van der Waals surface area contributed by atoms with Crippen LogP contribution in [0.25, 0.3) is 0 Å². The molecule has 4 heterocycles. The molecule has 0 amide bonds. The van der Waals surface area contributed by atoms with Gasteiger partial charge in [-0.1, -0.05) is 0 Å². The van der Waals surface area contributed by atoms with Gasteiger partial charge in [-0.05, 0) is 36.4 Å². The van der Waals surface area contributed by atoms with Gasteiger partial charge >= 0.3 is 0 Å². The average molecular weight is 416 g/mol. The second-order valence-corrected chi connectivity index (χ2v) is 7.59. The van der Waals surface area contributed by atoms with Gasteiger partial charge in [-0.3, -0.25) is 9.59 Å². The van der Waals surface area contributed by atoms with Crippen LogP contribution < -0.4 is 9.47 Å². The highest BCUT2D eigenvalue weighted by Gasteiger charge is 2.40. The molecule has 8 heteroatoms. The fraction of sp³-hybridized carbons (Fsp3) is 0.364. The third-order valence-electron chi connectivity index (χ3n) is 5.36. The summed E-state index contributed by atoms with van der Waals surface area (Å²) in [7, 11) is 0. The Balaban J connectivity index is 0.000000128. The van der Waals surface area contributed by atoms with E-state index < -0.39 is 11.6 Å². The monoisotopic (exact) mass is 416 g/mol. The summed E-state index contributed by atoms with van der Waals surface area (Å²) >= 11 is 0. The highest BCUT2D eigenvalue weighted by atomic mass is 19.1. The number of fused-ring (bicyclic) bond motifs is 2. The van der Waals surface area contributed by atoms with E-state index in [1.807, 2.05) is 0 Å². The molecular weight excluding hydrogens is 398 g/mol. The quantitative estimate of drug-likeness (QED) is 0.701. The third kappa shape index (κ3) is 3.93. The van der Waals surface area contributed by atoms with Gasteiger partial charge in [-0.15, -0.1) is 0 Å². The maximum absolute atomic E-state index is 12.9. The predicted molar refractivity (Wildman–Crippen MR) is 99.0 cm³/mol. The topological polar surface area (TPSA) is 77.7 Å². The Kier molecular flexibility index (Phi) is 4.75. The van der Waals surface area contributed by atoms with Crippen LogP contribution >= 0.6 is 0 Å². The lowest BCUT2D eigenvalue weighted by Gasteiger charge is -2.23. The summed E-state index contributed by atoms with van der Waals surface area (Å²) in [6, 6.07) is 8.03. The third-order valence-corrected chi connectivity index (χ3v) is 5.36. The zero-order chi connectivity index (χ0) is 20.8. The number of hydrogen-bond acceptors (Lipinski definition) is 6. The number of benzene rings is 2. The van der Waals surface area contributed by atoms with E-state index >= 15 is 0 Å². The Morgan fingerprint density at radius 3 is 1.43 bits per heavy atom.